The topological polar surface area (TPSA) is 83.9 Å². The molecule has 0 heterocycles. The molecule has 7 heteroatoms. The number of carbonyl (C=O) groups is 1. The average molecular weight is 301 g/mol. The Labute approximate surface area is 119 Å². The van der Waals surface area contributed by atoms with E-state index in [2.05, 4.69) is 4.74 Å². The molecule has 0 aromatic heterocycles. The third-order valence-electron chi connectivity index (χ3n) is 2.81. The third kappa shape index (κ3) is 3.78. The van der Waals surface area contributed by atoms with E-state index in [4.69, 9.17) is 5.11 Å². The molecule has 1 N–H and O–H groups in total. The van der Waals surface area contributed by atoms with Gasteiger partial charge >= 0.3 is 5.97 Å². The molecule has 6 nitrogen and oxygen atoms in total. The molecule has 0 radical (unpaired) electrons. The number of hydrogen-bond acceptors (Lipinski definition) is 5. The van der Waals surface area contributed by atoms with Gasteiger partial charge in [-0.3, -0.25) is 0 Å². The Balaban J connectivity index is 3.11. The van der Waals surface area contributed by atoms with Crippen molar-refractivity contribution in [2.45, 2.75) is 18.2 Å². The maximum absolute atomic E-state index is 12.4. The fraction of sp³-hybridized carbons (Fsp3) is 0.462. The zero-order valence-electron chi connectivity index (χ0n) is 11.6. The van der Waals surface area contributed by atoms with Crippen molar-refractivity contribution in [3.63, 3.8) is 0 Å². The number of carbonyl (C=O) groups excluding carboxylic acids is 1. The highest BCUT2D eigenvalue weighted by molar-refractivity contribution is 7.89. The Bertz CT molecular complexity index is 556. The lowest BCUT2D eigenvalue weighted by molar-refractivity contribution is 0.0600. The highest BCUT2D eigenvalue weighted by Gasteiger charge is 2.23. The second kappa shape index (κ2) is 7.37. The molecule has 1 aromatic rings. The highest BCUT2D eigenvalue weighted by Crippen LogP contribution is 2.17. The van der Waals surface area contributed by atoms with Crippen molar-refractivity contribution in [1.82, 2.24) is 4.31 Å². The van der Waals surface area contributed by atoms with Crippen LogP contribution in [0.1, 0.15) is 23.7 Å². The van der Waals surface area contributed by atoms with E-state index in [1.807, 2.05) is 0 Å². The minimum Gasteiger partial charge on any atom is -0.465 e. The number of methoxy groups -OCH3 is 1. The van der Waals surface area contributed by atoms with E-state index in [1.165, 1.54) is 35.7 Å². The van der Waals surface area contributed by atoms with Gasteiger partial charge in [0.15, 0.2) is 0 Å². The summed E-state index contributed by atoms with van der Waals surface area (Å²) in [5, 5.41) is 8.81. The first kappa shape index (κ1) is 16.6. The van der Waals surface area contributed by atoms with Gasteiger partial charge in [0.25, 0.3) is 0 Å². The van der Waals surface area contributed by atoms with E-state index in [0.29, 0.717) is 13.0 Å². The van der Waals surface area contributed by atoms with Gasteiger partial charge in [-0.1, -0.05) is 13.0 Å². The lowest BCUT2D eigenvalue weighted by Crippen LogP contribution is -2.32. The molecular weight excluding hydrogens is 282 g/mol. The predicted molar refractivity (Wildman–Crippen MR) is 73.9 cm³/mol. The minimum atomic E-state index is -3.67. The highest BCUT2D eigenvalue weighted by atomic mass is 32.2. The Morgan fingerprint density at radius 2 is 2.10 bits per heavy atom. The summed E-state index contributed by atoms with van der Waals surface area (Å²) in [5.74, 6) is -0.583. The zero-order chi connectivity index (χ0) is 15.2. The van der Waals surface area contributed by atoms with Crippen molar-refractivity contribution in [2.24, 2.45) is 0 Å². The number of esters is 1. The van der Waals surface area contributed by atoms with Crippen LogP contribution in [0.25, 0.3) is 0 Å². The number of ether oxygens (including phenoxy) is 1. The maximum atomic E-state index is 12.4. The quantitative estimate of drug-likeness (QED) is 0.755. The van der Waals surface area contributed by atoms with Crippen LogP contribution in [0.2, 0.25) is 0 Å². The van der Waals surface area contributed by atoms with Crippen molar-refractivity contribution in [1.29, 1.82) is 0 Å². The van der Waals surface area contributed by atoms with Crippen LogP contribution in [-0.4, -0.2) is 50.6 Å². The monoisotopic (exact) mass is 301 g/mol. The summed E-state index contributed by atoms with van der Waals surface area (Å²) >= 11 is 0. The normalized spacial score (nSPS) is 11.6. The molecule has 0 bridgehead atoms. The summed E-state index contributed by atoms with van der Waals surface area (Å²) < 4.78 is 30.7. The lowest BCUT2D eigenvalue weighted by atomic mass is 10.2. The first-order valence-corrected chi connectivity index (χ1v) is 7.70. The van der Waals surface area contributed by atoms with Crippen molar-refractivity contribution in [2.75, 3.05) is 26.8 Å². The first-order valence-electron chi connectivity index (χ1n) is 6.26. The Kier molecular flexibility index (Phi) is 6.12. The second-order valence-electron chi connectivity index (χ2n) is 4.09. The Morgan fingerprint density at radius 1 is 1.40 bits per heavy atom. The van der Waals surface area contributed by atoms with Crippen LogP contribution in [0.15, 0.2) is 29.2 Å². The van der Waals surface area contributed by atoms with E-state index >= 15 is 0 Å². The van der Waals surface area contributed by atoms with Crippen molar-refractivity contribution < 1.29 is 23.1 Å². The van der Waals surface area contributed by atoms with E-state index in [9.17, 15) is 13.2 Å². The molecular formula is C13H19NO5S. The van der Waals surface area contributed by atoms with Crippen molar-refractivity contribution in [3.8, 4) is 0 Å². The molecule has 0 amide bonds. The summed E-state index contributed by atoms with van der Waals surface area (Å²) in [4.78, 5) is 11.5. The number of aliphatic hydroxyl groups excluding tert-OH is 1. The molecule has 112 valence electrons. The molecule has 0 unspecified atom stereocenters. The van der Waals surface area contributed by atoms with E-state index < -0.39 is 16.0 Å². The second-order valence-corrected chi connectivity index (χ2v) is 6.03. The summed E-state index contributed by atoms with van der Waals surface area (Å²) in [5.41, 5.74) is 0.187. The zero-order valence-corrected chi connectivity index (χ0v) is 12.4. The SMILES string of the molecule is CCN(CCCO)S(=O)(=O)c1cccc(C(=O)OC)c1. The molecule has 0 fully saturated rings. The van der Waals surface area contributed by atoms with Crippen LogP contribution in [0.4, 0.5) is 0 Å². The van der Waals surface area contributed by atoms with Crippen LogP contribution in [-0.2, 0) is 14.8 Å². The Hall–Kier alpha value is -1.44. The van der Waals surface area contributed by atoms with Crippen LogP contribution < -0.4 is 0 Å². The van der Waals surface area contributed by atoms with Gasteiger partial charge in [-0.25, -0.2) is 13.2 Å². The molecule has 0 aliphatic rings. The van der Waals surface area contributed by atoms with Crippen LogP contribution in [0.3, 0.4) is 0 Å². The largest absolute Gasteiger partial charge is 0.465 e. The summed E-state index contributed by atoms with van der Waals surface area (Å²) in [6.07, 6.45) is 0.365. The number of nitrogens with zero attached hydrogens (tertiary/aromatic N) is 1. The van der Waals surface area contributed by atoms with Gasteiger partial charge < -0.3 is 9.84 Å². The van der Waals surface area contributed by atoms with Gasteiger partial charge in [0.05, 0.1) is 17.6 Å². The summed E-state index contributed by atoms with van der Waals surface area (Å²) in [6.45, 7) is 2.18. The van der Waals surface area contributed by atoms with E-state index in [1.54, 1.807) is 6.92 Å². The molecule has 0 atom stereocenters. The van der Waals surface area contributed by atoms with Gasteiger partial charge in [-0.05, 0) is 24.6 Å². The molecule has 1 aromatic carbocycles. The van der Waals surface area contributed by atoms with Crippen LogP contribution >= 0.6 is 0 Å². The number of benzene rings is 1. The molecule has 0 aliphatic carbocycles. The van der Waals surface area contributed by atoms with Gasteiger partial charge in [0.2, 0.25) is 10.0 Å². The number of rotatable bonds is 7. The van der Waals surface area contributed by atoms with Gasteiger partial charge in [-0.2, -0.15) is 4.31 Å². The molecule has 0 spiro atoms. The fourth-order valence-electron chi connectivity index (χ4n) is 1.75. The number of aliphatic hydroxyl groups is 1. The third-order valence-corrected chi connectivity index (χ3v) is 4.78. The van der Waals surface area contributed by atoms with Crippen LogP contribution in [0.5, 0.6) is 0 Å². The number of sulfonamides is 1. The lowest BCUT2D eigenvalue weighted by Gasteiger charge is -2.20. The van der Waals surface area contributed by atoms with Gasteiger partial charge in [-0.15, -0.1) is 0 Å². The van der Waals surface area contributed by atoms with E-state index in [0.717, 1.165) is 0 Å². The first-order chi connectivity index (χ1) is 9.47. The smallest absolute Gasteiger partial charge is 0.337 e. The molecule has 20 heavy (non-hydrogen) atoms. The number of hydrogen-bond donors (Lipinski definition) is 1. The molecule has 0 saturated heterocycles. The molecule has 0 saturated carbocycles. The maximum Gasteiger partial charge on any atom is 0.337 e. The summed E-state index contributed by atoms with van der Waals surface area (Å²) in [6, 6.07) is 5.72. The van der Waals surface area contributed by atoms with E-state index in [-0.39, 0.29) is 23.6 Å². The van der Waals surface area contributed by atoms with Gasteiger partial charge in [0.1, 0.15) is 0 Å². The summed E-state index contributed by atoms with van der Waals surface area (Å²) in [7, 11) is -2.43. The Morgan fingerprint density at radius 3 is 2.65 bits per heavy atom. The standard InChI is InChI=1S/C13H19NO5S/c1-3-14(8-5-9-15)20(17,18)12-7-4-6-11(10-12)13(16)19-2/h4,6-7,10,15H,3,5,8-9H2,1-2H3. The minimum absolute atomic E-state index is 0.0418. The van der Waals surface area contributed by atoms with Gasteiger partial charge in [0, 0.05) is 19.7 Å². The predicted octanol–water partition coefficient (Wildman–Crippen LogP) is 0.866. The van der Waals surface area contributed by atoms with Crippen LogP contribution in [0, 0.1) is 0 Å². The molecule has 1 rings (SSSR count). The average Bonchev–Trinajstić information content (AvgIpc) is 2.47. The van der Waals surface area contributed by atoms with Crippen molar-refractivity contribution >= 4 is 16.0 Å². The molecule has 0 aliphatic heterocycles. The fourth-order valence-corrected chi connectivity index (χ4v) is 3.28. The van der Waals surface area contributed by atoms with Crippen molar-refractivity contribution in [3.05, 3.63) is 29.8 Å².